The second-order valence-electron chi connectivity index (χ2n) is 10.2. The molecule has 2 aliphatic rings. The van der Waals surface area contributed by atoms with Crippen LogP contribution in [-0.4, -0.2) is 62.4 Å². The van der Waals surface area contributed by atoms with E-state index in [1.54, 1.807) is 47.8 Å². The van der Waals surface area contributed by atoms with Crippen LogP contribution in [0.1, 0.15) is 30.6 Å². The van der Waals surface area contributed by atoms with Crippen molar-refractivity contribution in [2.75, 3.05) is 30.4 Å². The predicted octanol–water partition coefficient (Wildman–Crippen LogP) is 5.58. The number of likely N-dealkylation sites (tertiary alicyclic amines) is 1. The SMILES string of the molecule is O=C(O)[C@@H]1CC2(CN1C(=O)CP(=O)(CCCCc1ccccc1)OCc1oc(=O)oc1-c1ccccc1)SCCS2. The molecule has 1 N–H and O–H groups in total. The largest absolute Gasteiger partial charge is 0.519 e. The Morgan fingerprint density at radius 2 is 1.71 bits per heavy atom. The zero-order valence-electron chi connectivity index (χ0n) is 22.4. The van der Waals surface area contributed by atoms with Crippen molar-refractivity contribution in [1.82, 2.24) is 4.90 Å². The average molecular weight is 618 g/mol. The predicted molar refractivity (Wildman–Crippen MR) is 160 cm³/mol. The van der Waals surface area contributed by atoms with Gasteiger partial charge in [-0.05, 0) is 24.8 Å². The summed E-state index contributed by atoms with van der Waals surface area (Å²) in [6.07, 6.45) is 2.13. The Bertz CT molecular complexity index is 1450. The number of amides is 1. The van der Waals surface area contributed by atoms with Gasteiger partial charge in [-0.2, -0.15) is 0 Å². The number of hydrogen-bond acceptors (Lipinski definition) is 9. The van der Waals surface area contributed by atoms with Crippen molar-refractivity contribution < 1.29 is 32.6 Å². The smallest absolute Gasteiger partial charge is 0.480 e. The number of aliphatic carboxylic acids is 1. The van der Waals surface area contributed by atoms with Gasteiger partial charge in [0.25, 0.3) is 0 Å². The molecular formula is C29H32NO8PS2. The maximum absolute atomic E-state index is 14.2. The maximum atomic E-state index is 14.2. The van der Waals surface area contributed by atoms with E-state index >= 15 is 0 Å². The first-order chi connectivity index (χ1) is 19.8. The van der Waals surface area contributed by atoms with Gasteiger partial charge < -0.3 is 23.4 Å². The third kappa shape index (κ3) is 7.38. The molecule has 0 bridgehead atoms. The molecule has 1 spiro atoms. The van der Waals surface area contributed by atoms with Crippen molar-refractivity contribution in [2.45, 2.75) is 42.4 Å². The molecule has 9 nitrogen and oxygen atoms in total. The van der Waals surface area contributed by atoms with Crippen molar-refractivity contribution in [3.8, 4) is 11.3 Å². The van der Waals surface area contributed by atoms with E-state index in [1.807, 2.05) is 36.4 Å². The minimum atomic E-state index is -3.62. The van der Waals surface area contributed by atoms with E-state index in [-0.39, 0.29) is 28.4 Å². The molecule has 0 saturated carbocycles. The van der Waals surface area contributed by atoms with E-state index in [0.717, 1.165) is 29.9 Å². The number of thioether (sulfide) groups is 2. The van der Waals surface area contributed by atoms with Gasteiger partial charge in [-0.15, -0.1) is 23.5 Å². The number of aryl methyl sites for hydroxylation is 1. The zero-order valence-corrected chi connectivity index (χ0v) is 25.0. The van der Waals surface area contributed by atoms with Crippen LogP contribution in [0.3, 0.4) is 0 Å². The summed E-state index contributed by atoms with van der Waals surface area (Å²) in [5, 5.41) is 9.88. The maximum Gasteiger partial charge on any atom is 0.519 e. The number of carbonyl (C=O) groups is 2. The summed E-state index contributed by atoms with van der Waals surface area (Å²) in [4.78, 5) is 39.0. The van der Waals surface area contributed by atoms with Gasteiger partial charge in [0.05, 0.1) is 4.08 Å². The lowest BCUT2D eigenvalue weighted by Gasteiger charge is -2.25. The number of benzene rings is 2. The summed E-state index contributed by atoms with van der Waals surface area (Å²) in [6.45, 7) is -0.0297. The van der Waals surface area contributed by atoms with Crippen LogP contribution in [0.4, 0.5) is 0 Å². The van der Waals surface area contributed by atoms with Crippen molar-refractivity contribution in [2.24, 2.45) is 0 Å². The minimum absolute atomic E-state index is 0.0838. The first kappa shape index (κ1) is 29.8. The average Bonchev–Trinajstić information content (AvgIpc) is 3.70. The Kier molecular flexibility index (Phi) is 9.49. The van der Waals surface area contributed by atoms with Crippen LogP contribution < -0.4 is 5.82 Å². The lowest BCUT2D eigenvalue weighted by molar-refractivity contribution is -0.147. The lowest BCUT2D eigenvalue weighted by Crippen LogP contribution is -2.42. The summed E-state index contributed by atoms with van der Waals surface area (Å²) >= 11 is 3.38. The van der Waals surface area contributed by atoms with E-state index < -0.39 is 37.3 Å². The Balaban J connectivity index is 1.32. The number of unbranched alkanes of at least 4 members (excludes halogenated alkanes) is 1. The quantitative estimate of drug-likeness (QED) is 0.203. The molecule has 2 aliphatic heterocycles. The summed E-state index contributed by atoms with van der Waals surface area (Å²) in [6, 6.07) is 17.9. The van der Waals surface area contributed by atoms with Crippen LogP contribution >= 0.6 is 30.9 Å². The fourth-order valence-corrected chi connectivity index (χ4v) is 10.5. The highest BCUT2D eigenvalue weighted by atomic mass is 32.2. The highest BCUT2D eigenvalue weighted by Crippen LogP contribution is 2.53. The van der Waals surface area contributed by atoms with Gasteiger partial charge in [-0.25, -0.2) is 9.59 Å². The van der Waals surface area contributed by atoms with Crippen molar-refractivity contribution >= 4 is 42.8 Å². The van der Waals surface area contributed by atoms with Crippen LogP contribution in [0.2, 0.25) is 0 Å². The molecule has 1 aromatic heterocycles. The molecule has 1 unspecified atom stereocenters. The van der Waals surface area contributed by atoms with E-state index in [0.29, 0.717) is 24.9 Å². The Labute approximate surface area is 246 Å². The second kappa shape index (κ2) is 13.1. The van der Waals surface area contributed by atoms with E-state index in [2.05, 4.69) is 0 Å². The third-order valence-electron chi connectivity index (χ3n) is 7.26. The standard InChI is InChI=1S/C29H32NO8PS2/c31-25(30-20-29(40-15-16-41-29)17-23(30)27(32)33)19-39(35,14-8-7-11-21-9-3-1-4-10-21)36-18-24-26(38-28(34)37-24)22-12-5-2-6-13-22/h1-6,9-10,12-13,23H,7-8,11,14-20H2,(H,32,33)/t23-,39?/m0/s1. The van der Waals surface area contributed by atoms with Crippen molar-refractivity contribution in [1.29, 1.82) is 0 Å². The molecule has 41 heavy (non-hydrogen) atoms. The molecule has 2 atom stereocenters. The summed E-state index contributed by atoms with van der Waals surface area (Å²) in [5.74, 6) is -0.390. The van der Waals surface area contributed by atoms with Crippen LogP contribution in [0.25, 0.3) is 11.3 Å². The molecule has 12 heteroatoms. The molecule has 218 valence electrons. The minimum Gasteiger partial charge on any atom is -0.480 e. The van der Waals surface area contributed by atoms with Gasteiger partial charge >= 0.3 is 11.8 Å². The summed E-state index contributed by atoms with van der Waals surface area (Å²) < 4.78 is 30.3. The number of rotatable bonds is 12. The molecule has 2 saturated heterocycles. The molecule has 1 amide bonds. The third-order valence-corrected chi connectivity index (χ3v) is 13.0. The zero-order chi connectivity index (χ0) is 28.9. The van der Waals surface area contributed by atoms with Crippen LogP contribution in [0.15, 0.2) is 74.3 Å². The number of nitrogens with zero attached hydrogens (tertiary/aromatic N) is 1. The van der Waals surface area contributed by atoms with Gasteiger partial charge in [-0.1, -0.05) is 60.7 Å². The topological polar surface area (TPSA) is 127 Å². The van der Waals surface area contributed by atoms with Crippen molar-refractivity contribution in [3.63, 3.8) is 0 Å². The molecule has 0 radical (unpaired) electrons. The first-order valence-corrected chi connectivity index (χ1v) is 17.5. The van der Waals surface area contributed by atoms with Crippen LogP contribution in [0.5, 0.6) is 0 Å². The fraction of sp³-hybridized carbons (Fsp3) is 0.414. The Morgan fingerprint density at radius 1 is 1.02 bits per heavy atom. The van der Waals surface area contributed by atoms with Crippen LogP contribution in [0, 0.1) is 0 Å². The van der Waals surface area contributed by atoms with Gasteiger partial charge in [0.2, 0.25) is 13.3 Å². The second-order valence-corrected chi connectivity index (χ2v) is 16.0. The highest BCUT2D eigenvalue weighted by Gasteiger charge is 2.52. The monoisotopic (exact) mass is 617 g/mol. The molecule has 0 aliphatic carbocycles. The Hall–Kier alpha value is -2.72. The van der Waals surface area contributed by atoms with E-state index in [4.69, 9.17) is 13.4 Å². The highest BCUT2D eigenvalue weighted by molar-refractivity contribution is 8.21. The van der Waals surface area contributed by atoms with Gasteiger partial charge in [-0.3, -0.25) is 9.36 Å². The summed E-state index contributed by atoms with van der Waals surface area (Å²) in [5.41, 5.74) is 1.76. The number of carbonyl (C=O) groups excluding carboxylic acids is 1. The number of carboxylic acid groups (broad SMARTS) is 1. The Morgan fingerprint density at radius 3 is 2.39 bits per heavy atom. The molecule has 2 aromatic carbocycles. The van der Waals surface area contributed by atoms with Gasteiger partial charge in [0.1, 0.15) is 18.8 Å². The fourth-order valence-electron chi connectivity index (χ4n) is 5.23. The van der Waals surface area contributed by atoms with E-state index in [9.17, 15) is 24.1 Å². The number of carboxylic acids is 1. The molecule has 5 rings (SSSR count). The number of hydrogen-bond donors (Lipinski definition) is 1. The molecule has 2 fully saturated rings. The van der Waals surface area contributed by atoms with Crippen molar-refractivity contribution in [3.05, 3.63) is 82.6 Å². The molecule has 3 heterocycles. The normalized spacial score (nSPS) is 19.4. The van der Waals surface area contributed by atoms with E-state index in [1.165, 1.54) is 4.90 Å². The molecular weight excluding hydrogens is 585 g/mol. The van der Waals surface area contributed by atoms with Crippen LogP contribution in [-0.2, 0) is 31.7 Å². The van der Waals surface area contributed by atoms with Gasteiger partial charge in [0.15, 0.2) is 11.5 Å². The summed E-state index contributed by atoms with van der Waals surface area (Å²) in [7, 11) is -3.62. The molecule has 3 aromatic rings. The first-order valence-electron chi connectivity index (χ1n) is 13.5. The lowest BCUT2D eigenvalue weighted by atomic mass is 10.1. The van der Waals surface area contributed by atoms with Gasteiger partial charge in [0, 0.05) is 36.2 Å².